The Bertz CT molecular complexity index is 366. The van der Waals surface area contributed by atoms with E-state index in [-0.39, 0.29) is 12.1 Å². The summed E-state index contributed by atoms with van der Waals surface area (Å²) in [6, 6.07) is 10.9. The molecule has 3 atom stereocenters. The van der Waals surface area contributed by atoms with Crippen LogP contribution in [0.5, 0.6) is 0 Å². The Balaban J connectivity index is 2.16. The van der Waals surface area contributed by atoms with Crippen LogP contribution in [0.25, 0.3) is 0 Å². The summed E-state index contributed by atoms with van der Waals surface area (Å²) in [5.41, 5.74) is 7.34. The molecule has 2 rings (SSSR count). The van der Waals surface area contributed by atoms with Gasteiger partial charge >= 0.3 is 0 Å². The molecule has 1 aromatic rings. The lowest BCUT2D eigenvalue weighted by molar-refractivity contribution is 0.0311. The lowest BCUT2D eigenvalue weighted by Crippen LogP contribution is -2.52. The number of hydrogen-bond acceptors (Lipinski definition) is 3. The molecule has 0 spiro atoms. The largest absolute Gasteiger partial charge is 0.391 e. The molecule has 100 valence electrons. The second-order valence-electron chi connectivity index (χ2n) is 5.61. The van der Waals surface area contributed by atoms with Crippen molar-refractivity contribution in [1.29, 1.82) is 0 Å². The summed E-state index contributed by atoms with van der Waals surface area (Å²) < 4.78 is 0. The number of rotatable bonds is 3. The maximum atomic E-state index is 9.73. The van der Waals surface area contributed by atoms with Gasteiger partial charge in [0.2, 0.25) is 0 Å². The summed E-state index contributed by atoms with van der Waals surface area (Å²) in [5.74, 6) is 0.537. The highest BCUT2D eigenvalue weighted by Gasteiger charge is 2.31. The quantitative estimate of drug-likeness (QED) is 0.857. The Hall–Kier alpha value is -0.900. The van der Waals surface area contributed by atoms with Crippen molar-refractivity contribution in [3.63, 3.8) is 0 Å². The van der Waals surface area contributed by atoms with Crippen LogP contribution in [0.1, 0.15) is 31.9 Å². The maximum absolute atomic E-state index is 9.73. The zero-order chi connectivity index (χ0) is 13.1. The number of hydrogen-bond donors (Lipinski definition) is 2. The maximum Gasteiger partial charge on any atom is 0.0715 e. The Morgan fingerprint density at radius 2 is 1.94 bits per heavy atom. The van der Waals surface area contributed by atoms with E-state index in [1.54, 1.807) is 0 Å². The summed E-state index contributed by atoms with van der Waals surface area (Å²) in [7, 11) is 0. The van der Waals surface area contributed by atoms with Crippen LogP contribution in [0, 0.1) is 5.92 Å². The second kappa shape index (κ2) is 5.83. The molecule has 1 fully saturated rings. The zero-order valence-corrected chi connectivity index (χ0v) is 11.3. The van der Waals surface area contributed by atoms with E-state index in [0.29, 0.717) is 12.0 Å². The van der Waals surface area contributed by atoms with Crippen LogP contribution in [0.2, 0.25) is 0 Å². The summed E-state index contributed by atoms with van der Waals surface area (Å²) in [6.07, 6.45) is 0.432. The van der Waals surface area contributed by atoms with Gasteiger partial charge in [-0.15, -0.1) is 0 Å². The van der Waals surface area contributed by atoms with Crippen LogP contribution in [-0.2, 0) is 0 Å². The SMILES string of the molecule is CC(C)C(c1ccccc1)N1CC[C@@H](O)[C@H](N)C1. The van der Waals surface area contributed by atoms with Crippen LogP contribution in [0.15, 0.2) is 30.3 Å². The first-order chi connectivity index (χ1) is 8.59. The predicted molar refractivity (Wildman–Crippen MR) is 74.2 cm³/mol. The fourth-order valence-electron chi connectivity index (χ4n) is 2.92. The number of piperidine rings is 1. The first-order valence-electron chi connectivity index (χ1n) is 6.82. The molecule has 0 aliphatic carbocycles. The minimum absolute atomic E-state index is 0.122. The molecule has 3 nitrogen and oxygen atoms in total. The molecule has 18 heavy (non-hydrogen) atoms. The molecule has 1 aromatic carbocycles. The van der Waals surface area contributed by atoms with Crippen LogP contribution in [0.4, 0.5) is 0 Å². The van der Waals surface area contributed by atoms with E-state index in [1.807, 2.05) is 6.07 Å². The monoisotopic (exact) mass is 248 g/mol. The van der Waals surface area contributed by atoms with Crippen LogP contribution in [-0.4, -0.2) is 35.2 Å². The van der Waals surface area contributed by atoms with Gasteiger partial charge in [0.25, 0.3) is 0 Å². The van der Waals surface area contributed by atoms with Crippen molar-refractivity contribution in [3.05, 3.63) is 35.9 Å². The highest BCUT2D eigenvalue weighted by atomic mass is 16.3. The third kappa shape index (κ3) is 2.91. The standard InChI is InChI=1S/C15H24N2O/c1-11(2)15(12-6-4-3-5-7-12)17-9-8-14(18)13(16)10-17/h3-7,11,13-15,18H,8-10,16H2,1-2H3/t13-,14-,15?/m1/s1. The molecule has 1 aliphatic heterocycles. The number of nitrogens with zero attached hydrogens (tertiary/aromatic N) is 1. The van der Waals surface area contributed by atoms with Gasteiger partial charge in [-0.3, -0.25) is 4.90 Å². The highest BCUT2D eigenvalue weighted by Crippen LogP contribution is 2.30. The van der Waals surface area contributed by atoms with Gasteiger partial charge in [-0.2, -0.15) is 0 Å². The van der Waals surface area contributed by atoms with E-state index in [4.69, 9.17) is 5.73 Å². The lowest BCUT2D eigenvalue weighted by Gasteiger charge is -2.41. The van der Waals surface area contributed by atoms with E-state index < -0.39 is 0 Å². The molecule has 0 amide bonds. The average Bonchev–Trinajstić information content (AvgIpc) is 2.35. The Morgan fingerprint density at radius 1 is 1.28 bits per heavy atom. The highest BCUT2D eigenvalue weighted by molar-refractivity contribution is 5.20. The first-order valence-corrected chi connectivity index (χ1v) is 6.82. The Morgan fingerprint density at radius 3 is 2.50 bits per heavy atom. The number of aliphatic hydroxyl groups is 1. The van der Waals surface area contributed by atoms with Gasteiger partial charge in [0, 0.05) is 25.2 Å². The summed E-state index contributed by atoms with van der Waals surface area (Å²) in [6.45, 7) is 6.19. The summed E-state index contributed by atoms with van der Waals surface area (Å²) in [5, 5.41) is 9.73. The van der Waals surface area contributed by atoms with E-state index in [9.17, 15) is 5.11 Å². The fraction of sp³-hybridized carbons (Fsp3) is 0.600. The number of likely N-dealkylation sites (tertiary alicyclic amines) is 1. The van der Waals surface area contributed by atoms with Crippen molar-refractivity contribution in [3.8, 4) is 0 Å². The minimum Gasteiger partial charge on any atom is -0.391 e. The average molecular weight is 248 g/mol. The van der Waals surface area contributed by atoms with Crippen molar-refractivity contribution in [2.75, 3.05) is 13.1 Å². The van der Waals surface area contributed by atoms with Crippen molar-refractivity contribution in [1.82, 2.24) is 4.90 Å². The predicted octanol–water partition coefficient (Wildman–Crippen LogP) is 1.78. The number of aliphatic hydroxyl groups excluding tert-OH is 1. The van der Waals surface area contributed by atoms with Gasteiger partial charge in [0.15, 0.2) is 0 Å². The summed E-state index contributed by atoms with van der Waals surface area (Å²) in [4.78, 5) is 2.41. The summed E-state index contributed by atoms with van der Waals surface area (Å²) >= 11 is 0. The van der Waals surface area contributed by atoms with Gasteiger partial charge in [-0.25, -0.2) is 0 Å². The van der Waals surface area contributed by atoms with Crippen molar-refractivity contribution in [2.45, 2.75) is 38.5 Å². The third-order valence-electron chi connectivity index (χ3n) is 3.82. The van der Waals surface area contributed by atoms with E-state index in [0.717, 1.165) is 19.5 Å². The number of benzene rings is 1. The van der Waals surface area contributed by atoms with E-state index in [2.05, 4.69) is 43.0 Å². The van der Waals surface area contributed by atoms with Crippen LogP contribution in [0.3, 0.4) is 0 Å². The van der Waals surface area contributed by atoms with Gasteiger partial charge < -0.3 is 10.8 Å². The van der Waals surface area contributed by atoms with Crippen molar-refractivity contribution in [2.24, 2.45) is 11.7 Å². The van der Waals surface area contributed by atoms with Crippen LogP contribution < -0.4 is 5.73 Å². The smallest absolute Gasteiger partial charge is 0.0715 e. The Kier molecular flexibility index (Phi) is 4.38. The molecule has 0 aromatic heterocycles. The molecule has 0 radical (unpaired) electrons. The molecule has 3 heteroatoms. The molecule has 0 saturated carbocycles. The van der Waals surface area contributed by atoms with E-state index >= 15 is 0 Å². The Labute approximate surface area is 110 Å². The molecule has 1 unspecified atom stereocenters. The van der Waals surface area contributed by atoms with Gasteiger partial charge in [-0.05, 0) is 17.9 Å². The normalized spacial score (nSPS) is 27.4. The molecule has 3 N–H and O–H groups in total. The molecule has 0 bridgehead atoms. The minimum atomic E-state index is -0.343. The van der Waals surface area contributed by atoms with Crippen molar-refractivity contribution < 1.29 is 5.11 Å². The molecular formula is C15H24N2O. The lowest BCUT2D eigenvalue weighted by atomic mass is 9.91. The fourth-order valence-corrected chi connectivity index (χ4v) is 2.92. The van der Waals surface area contributed by atoms with E-state index in [1.165, 1.54) is 5.56 Å². The second-order valence-corrected chi connectivity index (χ2v) is 5.61. The number of nitrogens with two attached hydrogens (primary N) is 1. The van der Waals surface area contributed by atoms with Gasteiger partial charge in [0.05, 0.1) is 6.10 Å². The van der Waals surface area contributed by atoms with Gasteiger partial charge in [0.1, 0.15) is 0 Å². The van der Waals surface area contributed by atoms with Gasteiger partial charge in [-0.1, -0.05) is 44.2 Å². The third-order valence-corrected chi connectivity index (χ3v) is 3.82. The molecular weight excluding hydrogens is 224 g/mol. The molecule has 1 heterocycles. The zero-order valence-electron chi connectivity index (χ0n) is 11.3. The molecule has 1 saturated heterocycles. The first kappa shape index (κ1) is 13.5. The molecule has 1 aliphatic rings. The van der Waals surface area contributed by atoms with Crippen LogP contribution >= 0.6 is 0 Å². The van der Waals surface area contributed by atoms with Crippen molar-refractivity contribution >= 4 is 0 Å². The topological polar surface area (TPSA) is 49.5 Å².